The molecular formula is C13H17N3O5. The third kappa shape index (κ3) is 3.18. The molecule has 8 nitrogen and oxygen atoms in total. The molecule has 0 aromatic heterocycles. The van der Waals surface area contributed by atoms with E-state index in [1.54, 1.807) is 19.1 Å². The number of hydrogen-bond donors (Lipinski definition) is 3. The molecule has 4 unspecified atom stereocenters. The summed E-state index contributed by atoms with van der Waals surface area (Å²) in [5.41, 5.74) is 0.477. The summed E-state index contributed by atoms with van der Waals surface area (Å²) >= 11 is 0. The lowest BCUT2D eigenvalue weighted by atomic mass is 9.86. The smallest absolute Gasteiger partial charge is 0.310 e. The van der Waals surface area contributed by atoms with E-state index in [0.717, 1.165) is 0 Å². The highest BCUT2D eigenvalue weighted by molar-refractivity contribution is 5.72. The van der Waals surface area contributed by atoms with E-state index in [-0.39, 0.29) is 11.7 Å². The van der Waals surface area contributed by atoms with Crippen molar-refractivity contribution in [2.24, 2.45) is 5.92 Å². The maximum Gasteiger partial charge on any atom is 0.310 e. The molecule has 1 heterocycles. The van der Waals surface area contributed by atoms with Crippen LogP contribution in [0.3, 0.4) is 0 Å². The molecule has 1 fully saturated rings. The summed E-state index contributed by atoms with van der Waals surface area (Å²) in [6.07, 6.45) is -0.514. The summed E-state index contributed by atoms with van der Waals surface area (Å²) in [5, 5.41) is 26.3. The Balaban J connectivity index is 2.38. The number of benzene rings is 1. The molecule has 3 N–H and O–H groups in total. The zero-order valence-electron chi connectivity index (χ0n) is 11.6. The van der Waals surface area contributed by atoms with Crippen molar-refractivity contribution in [1.29, 1.82) is 0 Å². The summed E-state index contributed by atoms with van der Waals surface area (Å²) in [6.45, 7) is 1.75. The second-order valence-electron chi connectivity index (χ2n) is 4.93. The summed E-state index contributed by atoms with van der Waals surface area (Å²) in [6, 6.07) is 5.05. The zero-order valence-corrected chi connectivity index (χ0v) is 11.6. The predicted octanol–water partition coefficient (Wildman–Crippen LogP) is 0.848. The third-order valence-electron chi connectivity index (χ3n) is 3.60. The Morgan fingerprint density at radius 1 is 1.43 bits per heavy atom. The summed E-state index contributed by atoms with van der Waals surface area (Å²) in [4.78, 5) is 21.9. The van der Waals surface area contributed by atoms with E-state index >= 15 is 0 Å². The van der Waals surface area contributed by atoms with E-state index in [2.05, 4.69) is 10.6 Å². The molecular weight excluding hydrogens is 278 g/mol. The number of carboxylic acid groups (broad SMARTS) is 1. The zero-order chi connectivity index (χ0) is 15.6. The Bertz CT molecular complexity index is 550. The molecule has 114 valence electrons. The van der Waals surface area contributed by atoms with Crippen molar-refractivity contribution in [2.75, 3.05) is 7.11 Å². The van der Waals surface area contributed by atoms with Crippen LogP contribution in [0.25, 0.3) is 0 Å². The minimum absolute atomic E-state index is 0.0707. The number of methoxy groups -OCH3 is 1. The van der Waals surface area contributed by atoms with Crippen LogP contribution in [0.2, 0.25) is 0 Å². The van der Waals surface area contributed by atoms with Crippen molar-refractivity contribution in [3.05, 3.63) is 39.9 Å². The highest BCUT2D eigenvalue weighted by Gasteiger charge is 2.40. The highest BCUT2D eigenvalue weighted by atomic mass is 16.6. The van der Waals surface area contributed by atoms with Crippen LogP contribution in [0.15, 0.2) is 24.3 Å². The fraction of sp³-hybridized carbons (Fsp3) is 0.462. The topological polar surface area (TPSA) is 114 Å². The number of carboxylic acids is 1. The molecule has 0 spiro atoms. The van der Waals surface area contributed by atoms with Gasteiger partial charge in [-0.3, -0.25) is 25.5 Å². The summed E-state index contributed by atoms with van der Waals surface area (Å²) in [7, 11) is 1.49. The monoisotopic (exact) mass is 295 g/mol. The van der Waals surface area contributed by atoms with Crippen molar-refractivity contribution in [1.82, 2.24) is 10.6 Å². The average molecular weight is 295 g/mol. The van der Waals surface area contributed by atoms with Gasteiger partial charge in [0, 0.05) is 25.3 Å². The molecule has 1 aliphatic heterocycles. The molecule has 0 radical (unpaired) electrons. The Kier molecular flexibility index (Phi) is 4.51. The normalized spacial score (nSPS) is 29.0. The largest absolute Gasteiger partial charge is 0.481 e. The Morgan fingerprint density at radius 2 is 2.14 bits per heavy atom. The van der Waals surface area contributed by atoms with Crippen molar-refractivity contribution in [3.8, 4) is 0 Å². The second-order valence-corrected chi connectivity index (χ2v) is 4.93. The van der Waals surface area contributed by atoms with Gasteiger partial charge in [-0.05, 0) is 12.5 Å². The quantitative estimate of drug-likeness (QED) is 0.557. The van der Waals surface area contributed by atoms with Crippen molar-refractivity contribution in [3.63, 3.8) is 0 Å². The SMILES string of the molecule is COC1NC(C)C(C(=O)O)C(c2cccc([N+](=O)[O-])c2)N1. The van der Waals surface area contributed by atoms with Gasteiger partial charge in [-0.15, -0.1) is 0 Å². The van der Waals surface area contributed by atoms with Crippen LogP contribution in [0.1, 0.15) is 18.5 Å². The molecule has 2 rings (SSSR count). The van der Waals surface area contributed by atoms with Gasteiger partial charge in [0.05, 0.1) is 16.9 Å². The molecule has 1 aromatic rings. The first kappa shape index (κ1) is 15.4. The maximum atomic E-state index is 11.5. The summed E-state index contributed by atoms with van der Waals surface area (Å²) in [5.74, 6) is -1.74. The number of non-ortho nitro benzene ring substituents is 1. The molecule has 0 saturated carbocycles. The standard InChI is InChI=1S/C13H17N3O5/c1-7-10(12(17)18)11(15-13(14-7)21-2)8-4-3-5-9(6-8)16(19)20/h3-7,10-11,13-15H,1-2H3,(H,17,18). The number of hydrogen-bond acceptors (Lipinski definition) is 6. The van der Waals surface area contributed by atoms with Crippen molar-refractivity contribution < 1.29 is 19.6 Å². The molecule has 1 aliphatic rings. The first-order valence-electron chi connectivity index (χ1n) is 6.46. The van der Waals surface area contributed by atoms with Crippen LogP contribution in [0.4, 0.5) is 5.69 Å². The van der Waals surface area contributed by atoms with E-state index in [4.69, 9.17) is 4.74 Å². The first-order valence-corrected chi connectivity index (χ1v) is 6.46. The molecule has 8 heteroatoms. The fourth-order valence-electron chi connectivity index (χ4n) is 2.57. The van der Waals surface area contributed by atoms with Crippen LogP contribution >= 0.6 is 0 Å². The number of rotatable bonds is 4. The number of aliphatic carboxylic acids is 1. The fourth-order valence-corrected chi connectivity index (χ4v) is 2.57. The third-order valence-corrected chi connectivity index (χ3v) is 3.60. The highest BCUT2D eigenvalue weighted by Crippen LogP contribution is 2.30. The molecule has 0 aliphatic carbocycles. The van der Waals surface area contributed by atoms with Crippen LogP contribution in [0.5, 0.6) is 0 Å². The van der Waals surface area contributed by atoms with E-state index in [9.17, 15) is 20.0 Å². The number of nitrogens with one attached hydrogen (secondary N) is 2. The minimum atomic E-state index is -0.978. The van der Waals surface area contributed by atoms with Gasteiger partial charge in [0.1, 0.15) is 0 Å². The van der Waals surface area contributed by atoms with Crippen LogP contribution in [-0.2, 0) is 9.53 Å². The van der Waals surface area contributed by atoms with Gasteiger partial charge >= 0.3 is 5.97 Å². The van der Waals surface area contributed by atoms with Gasteiger partial charge in [-0.2, -0.15) is 0 Å². The van der Waals surface area contributed by atoms with E-state index in [0.29, 0.717) is 5.56 Å². The van der Waals surface area contributed by atoms with Gasteiger partial charge in [0.25, 0.3) is 5.69 Å². The number of ether oxygens (including phenoxy) is 1. The summed E-state index contributed by atoms with van der Waals surface area (Å²) < 4.78 is 5.17. The molecule has 4 atom stereocenters. The van der Waals surface area contributed by atoms with Crippen LogP contribution in [-0.4, -0.2) is 35.5 Å². The minimum Gasteiger partial charge on any atom is -0.481 e. The number of nitrogens with zero attached hydrogens (tertiary/aromatic N) is 1. The van der Waals surface area contributed by atoms with Gasteiger partial charge < -0.3 is 9.84 Å². The Hall–Kier alpha value is -2.03. The van der Waals surface area contributed by atoms with Crippen molar-refractivity contribution in [2.45, 2.75) is 25.4 Å². The lowest BCUT2D eigenvalue weighted by Crippen LogP contribution is -2.61. The molecule has 21 heavy (non-hydrogen) atoms. The molecule has 0 amide bonds. The van der Waals surface area contributed by atoms with Crippen LogP contribution < -0.4 is 10.6 Å². The Labute approximate surface area is 121 Å². The average Bonchev–Trinajstić information content (AvgIpc) is 2.45. The first-order chi connectivity index (χ1) is 9.93. The predicted molar refractivity (Wildman–Crippen MR) is 73.5 cm³/mol. The van der Waals surface area contributed by atoms with E-state index in [1.165, 1.54) is 19.2 Å². The van der Waals surface area contributed by atoms with Gasteiger partial charge in [-0.25, -0.2) is 0 Å². The lowest BCUT2D eigenvalue weighted by molar-refractivity contribution is -0.385. The van der Waals surface area contributed by atoms with Gasteiger partial charge in [-0.1, -0.05) is 12.1 Å². The molecule has 0 bridgehead atoms. The van der Waals surface area contributed by atoms with Crippen molar-refractivity contribution >= 4 is 11.7 Å². The molecule has 1 saturated heterocycles. The number of carbonyl (C=O) groups is 1. The van der Waals surface area contributed by atoms with Crippen LogP contribution in [0, 0.1) is 16.0 Å². The Morgan fingerprint density at radius 3 is 2.71 bits per heavy atom. The van der Waals surface area contributed by atoms with Gasteiger partial charge in [0.2, 0.25) is 0 Å². The second kappa shape index (κ2) is 6.17. The van der Waals surface area contributed by atoms with E-state index in [1.807, 2.05) is 0 Å². The maximum absolute atomic E-state index is 11.5. The number of nitro groups is 1. The lowest BCUT2D eigenvalue weighted by Gasteiger charge is -2.40. The van der Waals surface area contributed by atoms with E-state index < -0.39 is 29.2 Å². The molecule has 1 aromatic carbocycles. The van der Waals surface area contributed by atoms with Gasteiger partial charge in [0.15, 0.2) is 6.35 Å². The number of nitro benzene ring substituents is 1.